The van der Waals surface area contributed by atoms with E-state index in [-0.39, 0.29) is 36.1 Å². The predicted octanol–water partition coefficient (Wildman–Crippen LogP) is 2.96. The predicted molar refractivity (Wildman–Crippen MR) is 103 cm³/mol. The first-order valence-corrected chi connectivity index (χ1v) is 9.01. The zero-order chi connectivity index (χ0) is 21.0. The minimum atomic E-state index is -0.751. The van der Waals surface area contributed by atoms with E-state index >= 15 is 0 Å². The van der Waals surface area contributed by atoms with E-state index in [2.05, 4.69) is 0 Å². The van der Waals surface area contributed by atoms with Gasteiger partial charge in [0.15, 0.2) is 0 Å². The van der Waals surface area contributed by atoms with Crippen molar-refractivity contribution < 1.29 is 28.7 Å². The average molecular weight is 400 g/mol. The van der Waals surface area contributed by atoms with E-state index in [1.165, 1.54) is 30.2 Å². The fourth-order valence-electron chi connectivity index (χ4n) is 3.10. The van der Waals surface area contributed by atoms with Gasteiger partial charge < -0.3 is 19.1 Å². The zero-order valence-corrected chi connectivity index (χ0v) is 16.0. The molecule has 2 aromatic carbocycles. The SMILES string of the molecule is CCOc1ccccc1N1CC(C(=O)Oc2ccc(OC)cc2[N+](=O)[O-])CC1=O. The summed E-state index contributed by atoms with van der Waals surface area (Å²) in [4.78, 5) is 37.2. The Labute approximate surface area is 166 Å². The van der Waals surface area contributed by atoms with Crippen molar-refractivity contribution in [1.82, 2.24) is 0 Å². The number of rotatable bonds is 7. The first kappa shape index (κ1) is 20.1. The quantitative estimate of drug-likeness (QED) is 0.304. The van der Waals surface area contributed by atoms with E-state index in [1.54, 1.807) is 24.3 Å². The number of ether oxygens (including phenoxy) is 3. The molecular formula is C20H20N2O7. The van der Waals surface area contributed by atoms with Gasteiger partial charge in [-0.1, -0.05) is 12.1 Å². The van der Waals surface area contributed by atoms with Crippen molar-refractivity contribution in [3.8, 4) is 17.2 Å². The van der Waals surface area contributed by atoms with Gasteiger partial charge in [0.1, 0.15) is 11.5 Å². The maximum absolute atomic E-state index is 12.6. The molecule has 1 fully saturated rings. The Hall–Kier alpha value is -3.62. The van der Waals surface area contributed by atoms with Gasteiger partial charge in [-0.2, -0.15) is 0 Å². The highest BCUT2D eigenvalue weighted by atomic mass is 16.6. The van der Waals surface area contributed by atoms with Crippen molar-refractivity contribution in [3.05, 3.63) is 52.6 Å². The van der Waals surface area contributed by atoms with Crippen LogP contribution in [-0.2, 0) is 9.59 Å². The summed E-state index contributed by atoms with van der Waals surface area (Å²) < 4.78 is 15.8. The second-order valence-electron chi connectivity index (χ2n) is 6.32. The highest BCUT2D eigenvalue weighted by molar-refractivity contribution is 6.00. The molecule has 1 saturated heterocycles. The van der Waals surface area contributed by atoms with Crippen LogP contribution in [0.3, 0.4) is 0 Å². The summed E-state index contributed by atoms with van der Waals surface area (Å²) in [5.74, 6) is -1.08. The molecule has 9 heteroatoms. The first-order chi connectivity index (χ1) is 13.9. The van der Waals surface area contributed by atoms with Gasteiger partial charge >= 0.3 is 11.7 Å². The summed E-state index contributed by atoms with van der Waals surface area (Å²) >= 11 is 0. The number of nitro benzene ring substituents is 1. The first-order valence-electron chi connectivity index (χ1n) is 9.01. The number of amides is 1. The van der Waals surface area contributed by atoms with Crippen LogP contribution < -0.4 is 19.1 Å². The summed E-state index contributed by atoms with van der Waals surface area (Å²) in [5, 5.41) is 11.3. The van der Waals surface area contributed by atoms with Crippen molar-refractivity contribution in [2.24, 2.45) is 5.92 Å². The fraction of sp³-hybridized carbons (Fsp3) is 0.300. The molecule has 3 rings (SSSR count). The average Bonchev–Trinajstić information content (AvgIpc) is 3.10. The molecule has 1 heterocycles. The Morgan fingerprint density at radius 3 is 2.69 bits per heavy atom. The molecule has 0 spiro atoms. The molecule has 2 aromatic rings. The molecule has 1 atom stereocenters. The summed E-state index contributed by atoms with van der Waals surface area (Å²) in [5.41, 5.74) is 0.186. The van der Waals surface area contributed by atoms with E-state index in [0.717, 1.165) is 0 Å². The molecule has 0 aromatic heterocycles. The number of nitro groups is 1. The van der Waals surface area contributed by atoms with Crippen molar-refractivity contribution in [3.63, 3.8) is 0 Å². The van der Waals surface area contributed by atoms with Crippen molar-refractivity contribution in [2.75, 3.05) is 25.2 Å². The Bertz CT molecular complexity index is 944. The molecule has 1 aliphatic heterocycles. The molecule has 1 amide bonds. The monoisotopic (exact) mass is 400 g/mol. The summed E-state index contributed by atoms with van der Waals surface area (Å²) in [6.45, 7) is 2.38. The lowest BCUT2D eigenvalue weighted by atomic mass is 10.1. The Kier molecular flexibility index (Phi) is 5.96. The minimum Gasteiger partial charge on any atom is -0.496 e. The molecular weight excluding hydrogens is 380 g/mol. The summed E-state index contributed by atoms with van der Waals surface area (Å²) in [6, 6.07) is 11.0. The van der Waals surface area contributed by atoms with Crippen LogP contribution in [0.1, 0.15) is 13.3 Å². The molecule has 0 bridgehead atoms. The Morgan fingerprint density at radius 1 is 1.24 bits per heavy atom. The van der Waals surface area contributed by atoms with Gasteiger partial charge in [-0.15, -0.1) is 0 Å². The van der Waals surface area contributed by atoms with Crippen molar-refractivity contribution in [1.29, 1.82) is 0 Å². The van der Waals surface area contributed by atoms with Gasteiger partial charge in [0.2, 0.25) is 11.7 Å². The number of methoxy groups -OCH3 is 1. The van der Waals surface area contributed by atoms with E-state index < -0.39 is 16.8 Å². The lowest BCUT2D eigenvalue weighted by Gasteiger charge is -2.19. The Balaban J connectivity index is 1.77. The molecule has 1 unspecified atom stereocenters. The third-order valence-electron chi connectivity index (χ3n) is 4.49. The topological polar surface area (TPSA) is 108 Å². The normalized spacial score (nSPS) is 15.9. The van der Waals surface area contributed by atoms with Crippen LogP contribution in [0.2, 0.25) is 0 Å². The Morgan fingerprint density at radius 2 is 2.00 bits per heavy atom. The van der Waals surface area contributed by atoms with Gasteiger partial charge in [-0.3, -0.25) is 19.7 Å². The van der Waals surface area contributed by atoms with Gasteiger partial charge in [-0.05, 0) is 31.2 Å². The van der Waals surface area contributed by atoms with E-state index in [1.807, 2.05) is 6.92 Å². The van der Waals surface area contributed by atoms with Gasteiger partial charge in [-0.25, -0.2) is 0 Å². The fourth-order valence-corrected chi connectivity index (χ4v) is 3.10. The van der Waals surface area contributed by atoms with Crippen LogP contribution in [-0.4, -0.2) is 37.1 Å². The number of benzene rings is 2. The largest absolute Gasteiger partial charge is 0.496 e. The lowest BCUT2D eigenvalue weighted by molar-refractivity contribution is -0.385. The second kappa shape index (κ2) is 8.59. The number of anilines is 1. The van der Waals surface area contributed by atoms with Gasteiger partial charge in [0, 0.05) is 13.0 Å². The third-order valence-corrected chi connectivity index (χ3v) is 4.49. The smallest absolute Gasteiger partial charge is 0.316 e. The van der Waals surface area contributed by atoms with Crippen LogP contribution in [0.15, 0.2) is 42.5 Å². The van der Waals surface area contributed by atoms with E-state index in [4.69, 9.17) is 14.2 Å². The third kappa shape index (κ3) is 4.29. The van der Waals surface area contributed by atoms with E-state index in [9.17, 15) is 19.7 Å². The molecule has 0 saturated carbocycles. The standard InChI is InChI=1S/C20H20N2O7/c1-3-28-17-7-5-4-6-15(17)21-12-13(10-19(21)23)20(24)29-18-9-8-14(27-2)11-16(18)22(25)26/h4-9,11,13H,3,10,12H2,1-2H3. The summed E-state index contributed by atoms with van der Waals surface area (Å²) in [7, 11) is 1.38. The number of esters is 1. The second-order valence-corrected chi connectivity index (χ2v) is 6.32. The molecule has 0 aliphatic carbocycles. The van der Waals surface area contributed by atoms with Gasteiger partial charge in [0.05, 0.1) is 36.3 Å². The number of hydrogen-bond donors (Lipinski definition) is 0. The van der Waals surface area contributed by atoms with Crippen LogP contribution in [0, 0.1) is 16.0 Å². The van der Waals surface area contributed by atoms with Gasteiger partial charge in [0.25, 0.3) is 0 Å². The van der Waals surface area contributed by atoms with E-state index in [0.29, 0.717) is 18.0 Å². The highest BCUT2D eigenvalue weighted by Crippen LogP contribution is 2.35. The van der Waals surface area contributed by atoms with Crippen LogP contribution >= 0.6 is 0 Å². The lowest BCUT2D eigenvalue weighted by Crippen LogP contribution is -2.27. The number of carbonyl (C=O) groups excluding carboxylic acids is 2. The maximum Gasteiger partial charge on any atom is 0.316 e. The van der Waals surface area contributed by atoms with Crippen LogP contribution in [0.25, 0.3) is 0 Å². The molecule has 0 radical (unpaired) electrons. The zero-order valence-electron chi connectivity index (χ0n) is 16.0. The number of nitrogens with zero attached hydrogens (tertiary/aromatic N) is 2. The molecule has 9 nitrogen and oxygen atoms in total. The van der Waals surface area contributed by atoms with Crippen LogP contribution in [0.4, 0.5) is 11.4 Å². The molecule has 29 heavy (non-hydrogen) atoms. The number of hydrogen-bond acceptors (Lipinski definition) is 7. The number of para-hydroxylation sites is 2. The number of carbonyl (C=O) groups is 2. The maximum atomic E-state index is 12.6. The van der Waals surface area contributed by atoms with Crippen molar-refractivity contribution >= 4 is 23.3 Å². The van der Waals surface area contributed by atoms with Crippen LogP contribution in [0.5, 0.6) is 17.2 Å². The highest BCUT2D eigenvalue weighted by Gasteiger charge is 2.38. The molecule has 152 valence electrons. The molecule has 0 N–H and O–H groups in total. The minimum absolute atomic E-state index is 0.0523. The molecule has 1 aliphatic rings. The van der Waals surface area contributed by atoms with Crippen molar-refractivity contribution in [2.45, 2.75) is 13.3 Å². The summed E-state index contributed by atoms with van der Waals surface area (Å²) in [6.07, 6.45) is -0.0523.